The summed E-state index contributed by atoms with van der Waals surface area (Å²) in [6.45, 7) is 1.53. The van der Waals surface area contributed by atoms with Crippen molar-refractivity contribution in [3.8, 4) is 0 Å². The van der Waals surface area contributed by atoms with Crippen molar-refractivity contribution in [1.82, 2.24) is 0 Å². The third-order valence-corrected chi connectivity index (χ3v) is 7.59. The van der Waals surface area contributed by atoms with Crippen molar-refractivity contribution in [2.24, 2.45) is 11.8 Å². The van der Waals surface area contributed by atoms with E-state index in [9.17, 15) is 4.79 Å². The van der Waals surface area contributed by atoms with Crippen molar-refractivity contribution >= 4 is 5.97 Å². The van der Waals surface area contributed by atoms with E-state index in [1.165, 1.54) is 5.56 Å². The lowest BCUT2D eigenvalue weighted by molar-refractivity contribution is -0.194. The van der Waals surface area contributed by atoms with E-state index in [-0.39, 0.29) is 48.7 Å². The molecule has 6 heteroatoms. The summed E-state index contributed by atoms with van der Waals surface area (Å²) < 4.78 is 30.2. The maximum Gasteiger partial charge on any atom is 0.306 e. The van der Waals surface area contributed by atoms with Gasteiger partial charge in [-0.2, -0.15) is 0 Å². The van der Waals surface area contributed by atoms with Crippen LogP contribution in [0.2, 0.25) is 0 Å². The van der Waals surface area contributed by atoms with Crippen LogP contribution in [0.15, 0.2) is 42.5 Å². The van der Waals surface area contributed by atoms with E-state index in [1.807, 2.05) is 6.07 Å². The van der Waals surface area contributed by atoms with E-state index in [0.29, 0.717) is 6.42 Å². The highest BCUT2D eigenvalue weighted by molar-refractivity contribution is 5.72. The summed E-state index contributed by atoms with van der Waals surface area (Å²) in [7, 11) is 0. The number of rotatable bonds is 9. The molecule has 3 heterocycles. The van der Waals surface area contributed by atoms with Crippen LogP contribution in [0, 0.1) is 11.8 Å². The van der Waals surface area contributed by atoms with Gasteiger partial charge in [-0.1, -0.05) is 42.5 Å². The fourth-order valence-corrected chi connectivity index (χ4v) is 5.75. The third-order valence-electron chi connectivity index (χ3n) is 7.59. The zero-order valence-corrected chi connectivity index (χ0v) is 20.0. The summed E-state index contributed by atoms with van der Waals surface area (Å²) in [5.74, 6) is 0.198. The maximum absolute atomic E-state index is 12.0. The highest BCUT2D eigenvalue weighted by Gasteiger charge is 2.50. The van der Waals surface area contributed by atoms with E-state index >= 15 is 0 Å². The van der Waals surface area contributed by atoms with Gasteiger partial charge in [0.1, 0.15) is 6.10 Å². The first kappa shape index (κ1) is 24.0. The Morgan fingerprint density at radius 2 is 1.76 bits per heavy atom. The minimum Gasteiger partial charge on any atom is -0.462 e. The van der Waals surface area contributed by atoms with Gasteiger partial charge < -0.3 is 23.7 Å². The zero-order chi connectivity index (χ0) is 23.2. The molecule has 0 radical (unpaired) electrons. The molecular formula is C28H38O6. The van der Waals surface area contributed by atoms with Crippen LogP contribution in [0.3, 0.4) is 0 Å². The van der Waals surface area contributed by atoms with Crippen LogP contribution in [0.25, 0.3) is 0 Å². The van der Waals surface area contributed by atoms with Gasteiger partial charge in [0.05, 0.1) is 18.6 Å². The molecule has 7 atom stereocenters. The largest absolute Gasteiger partial charge is 0.462 e. The lowest BCUT2D eigenvalue weighted by Gasteiger charge is -2.29. The van der Waals surface area contributed by atoms with Crippen LogP contribution < -0.4 is 0 Å². The average molecular weight is 471 g/mol. The quantitative estimate of drug-likeness (QED) is 0.376. The molecule has 34 heavy (non-hydrogen) atoms. The fourth-order valence-electron chi connectivity index (χ4n) is 5.75. The number of aryl methyl sites for hydroxylation is 1. The number of hydrogen-bond donors (Lipinski definition) is 0. The Morgan fingerprint density at radius 3 is 2.50 bits per heavy atom. The van der Waals surface area contributed by atoms with Gasteiger partial charge >= 0.3 is 5.97 Å². The van der Waals surface area contributed by atoms with E-state index in [2.05, 4.69) is 36.4 Å². The first-order chi connectivity index (χ1) is 16.7. The van der Waals surface area contributed by atoms with Crippen LogP contribution in [0.5, 0.6) is 0 Å². The molecule has 1 aromatic carbocycles. The van der Waals surface area contributed by atoms with Crippen LogP contribution in [-0.4, -0.2) is 50.1 Å². The number of carbonyl (C=O) groups is 1. The van der Waals surface area contributed by atoms with Crippen molar-refractivity contribution in [3.05, 3.63) is 48.0 Å². The molecule has 186 valence electrons. The van der Waals surface area contributed by atoms with E-state index in [0.717, 1.165) is 71.0 Å². The lowest BCUT2D eigenvalue weighted by Crippen LogP contribution is -2.31. The van der Waals surface area contributed by atoms with E-state index in [1.54, 1.807) is 0 Å². The predicted octanol–water partition coefficient (Wildman–Crippen LogP) is 4.95. The third kappa shape index (κ3) is 6.28. The number of ether oxygens (including phenoxy) is 5. The minimum atomic E-state index is -0.148. The zero-order valence-electron chi connectivity index (χ0n) is 20.0. The molecule has 3 saturated heterocycles. The summed E-state index contributed by atoms with van der Waals surface area (Å²) in [6.07, 6.45) is 13.4. The van der Waals surface area contributed by atoms with Gasteiger partial charge in [-0.3, -0.25) is 4.79 Å². The Kier molecular flexibility index (Phi) is 8.33. The standard InChI is InChI=1S/C28H38O6/c29-26-18-23-22(24(19-25(23)33-26)34-28-11-5-7-17-31-28)15-14-21(32-27-10-4-6-16-30-27)13-12-20-8-2-1-3-9-20/h1-3,8-9,14-15,21-25,27-28H,4-7,10-13,16-19H2/t21-,22?,23?,24?,25?,27?,28?/m0/s1. The minimum absolute atomic E-state index is 0.00292. The van der Waals surface area contributed by atoms with Gasteiger partial charge in [0, 0.05) is 31.5 Å². The second kappa shape index (κ2) is 11.8. The molecular weight excluding hydrogens is 432 g/mol. The summed E-state index contributed by atoms with van der Waals surface area (Å²) in [4.78, 5) is 12.0. The molecule has 0 N–H and O–H groups in total. The normalized spacial score (nSPS) is 34.8. The highest BCUT2D eigenvalue weighted by atomic mass is 16.7. The molecule has 0 bridgehead atoms. The topological polar surface area (TPSA) is 63.2 Å². The molecule has 0 amide bonds. The highest BCUT2D eigenvalue weighted by Crippen LogP contribution is 2.44. The van der Waals surface area contributed by atoms with Gasteiger partial charge in [-0.25, -0.2) is 0 Å². The first-order valence-electron chi connectivity index (χ1n) is 13.2. The molecule has 6 unspecified atom stereocenters. The van der Waals surface area contributed by atoms with E-state index in [4.69, 9.17) is 23.7 Å². The lowest BCUT2D eigenvalue weighted by atomic mass is 9.91. The van der Waals surface area contributed by atoms with Crippen LogP contribution >= 0.6 is 0 Å². The monoisotopic (exact) mass is 470 g/mol. The van der Waals surface area contributed by atoms with Gasteiger partial charge in [-0.05, 0) is 56.9 Å². The molecule has 3 aliphatic heterocycles. The number of esters is 1. The molecule has 4 aliphatic rings. The Labute approximate surface area is 202 Å². The SMILES string of the molecule is O=C1CC2C(CC(OC3CCCCO3)C2C=C[C@H](CCc2ccccc2)OC2CCCCO2)O1. The van der Waals surface area contributed by atoms with Gasteiger partial charge in [0.15, 0.2) is 12.6 Å². The fraction of sp³-hybridized carbons (Fsp3) is 0.679. The maximum atomic E-state index is 12.0. The van der Waals surface area contributed by atoms with Crippen molar-refractivity contribution < 1.29 is 28.5 Å². The predicted molar refractivity (Wildman–Crippen MR) is 127 cm³/mol. The summed E-state index contributed by atoms with van der Waals surface area (Å²) in [5.41, 5.74) is 1.31. The molecule has 1 aliphatic carbocycles. The smallest absolute Gasteiger partial charge is 0.306 e. The Balaban J connectivity index is 1.27. The van der Waals surface area contributed by atoms with Gasteiger partial charge in [-0.15, -0.1) is 0 Å². The second-order valence-electron chi connectivity index (χ2n) is 10.1. The molecule has 1 aromatic rings. The van der Waals surface area contributed by atoms with Crippen LogP contribution in [-0.2, 0) is 34.9 Å². The second-order valence-corrected chi connectivity index (χ2v) is 10.1. The van der Waals surface area contributed by atoms with Crippen LogP contribution in [0.1, 0.15) is 63.4 Å². The molecule has 1 saturated carbocycles. The molecule has 5 rings (SSSR count). The Hall–Kier alpha value is -1.73. The van der Waals surface area contributed by atoms with Gasteiger partial charge in [0.2, 0.25) is 0 Å². The average Bonchev–Trinajstić information content (AvgIpc) is 3.38. The number of hydrogen-bond acceptors (Lipinski definition) is 6. The molecule has 0 aromatic heterocycles. The molecule has 0 spiro atoms. The number of carbonyl (C=O) groups excluding carboxylic acids is 1. The summed E-state index contributed by atoms with van der Waals surface area (Å²) in [5, 5.41) is 0. The van der Waals surface area contributed by atoms with Crippen molar-refractivity contribution in [1.29, 1.82) is 0 Å². The van der Waals surface area contributed by atoms with Crippen molar-refractivity contribution in [2.45, 2.75) is 95.1 Å². The molecule has 6 nitrogen and oxygen atoms in total. The van der Waals surface area contributed by atoms with Crippen molar-refractivity contribution in [2.75, 3.05) is 13.2 Å². The van der Waals surface area contributed by atoms with Crippen molar-refractivity contribution in [3.63, 3.8) is 0 Å². The van der Waals surface area contributed by atoms with E-state index < -0.39 is 0 Å². The van der Waals surface area contributed by atoms with Crippen LogP contribution in [0.4, 0.5) is 0 Å². The number of fused-ring (bicyclic) bond motifs is 1. The Morgan fingerprint density at radius 1 is 1.00 bits per heavy atom. The summed E-state index contributed by atoms with van der Waals surface area (Å²) >= 11 is 0. The first-order valence-corrected chi connectivity index (χ1v) is 13.2. The summed E-state index contributed by atoms with van der Waals surface area (Å²) in [6, 6.07) is 10.5. The van der Waals surface area contributed by atoms with Gasteiger partial charge in [0.25, 0.3) is 0 Å². The number of benzene rings is 1. The Bertz CT molecular complexity index is 798. The molecule has 4 fully saturated rings.